The third kappa shape index (κ3) is 6.77. The Balaban J connectivity index is 1.42. The Kier molecular flexibility index (Phi) is 8.76. The minimum absolute atomic E-state index is 0.151. The fourth-order valence-electron chi connectivity index (χ4n) is 3.30. The number of nitrogens with one attached hydrogen (secondary N) is 2. The molecule has 0 heterocycles. The van der Waals surface area contributed by atoms with E-state index in [1.807, 2.05) is 0 Å². The summed E-state index contributed by atoms with van der Waals surface area (Å²) in [6.45, 7) is 0. The number of hydrogen-bond acceptors (Lipinski definition) is 5. The van der Waals surface area contributed by atoms with Crippen LogP contribution >= 0.6 is 34.8 Å². The van der Waals surface area contributed by atoms with E-state index in [1.54, 1.807) is 66.7 Å². The zero-order valence-corrected chi connectivity index (χ0v) is 21.7. The number of esters is 1. The SMILES string of the molecule is O=C(NN=Cc1ccccc1OC(=O)c1ccc(Cl)cc1Cl)c1cccc(NC(=O)c2ccccc2Cl)c1. The van der Waals surface area contributed by atoms with Crippen LogP contribution in [0.2, 0.25) is 15.1 Å². The number of ether oxygens (including phenoxy) is 1. The van der Waals surface area contributed by atoms with Gasteiger partial charge < -0.3 is 10.1 Å². The molecule has 0 aliphatic rings. The summed E-state index contributed by atoms with van der Waals surface area (Å²) < 4.78 is 5.47. The van der Waals surface area contributed by atoms with Gasteiger partial charge in [0.05, 0.1) is 27.4 Å². The van der Waals surface area contributed by atoms with Gasteiger partial charge in [-0.2, -0.15) is 5.10 Å². The number of hydrazone groups is 1. The molecule has 2 amide bonds. The molecular formula is C28H18Cl3N3O4. The predicted octanol–water partition coefficient (Wildman–Crippen LogP) is 6.88. The molecule has 0 fully saturated rings. The summed E-state index contributed by atoms with van der Waals surface area (Å²) in [6.07, 6.45) is 1.34. The number of benzene rings is 4. The molecule has 0 bridgehead atoms. The van der Waals surface area contributed by atoms with Crippen molar-refractivity contribution in [1.82, 2.24) is 5.43 Å². The molecular weight excluding hydrogens is 549 g/mol. The van der Waals surface area contributed by atoms with Gasteiger partial charge in [-0.05, 0) is 60.7 Å². The van der Waals surface area contributed by atoms with Crippen molar-refractivity contribution in [2.24, 2.45) is 5.10 Å². The molecule has 0 aromatic heterocycles. The second kappa shape index (κ2) is 12.4. The molecule has 38 heavy (non-hydrogen) atoms. The highest BCUT2D eigenvalue weighted by Crippen LogP contribution is 2.24. The first-order valence-electron chi connectivity index (χ1n) is 11.1. The Morgan fingerprint density at radius 3 is 2.29 bits per heavy atom. The third-order valence-corrected chi connectivity index (χ3v) is 6.02. The van der Waals surface area contributed by atoms with Crippen molar-refractivity contribution in [2.75, 3.05) is 5.32 Å². The van der Waals surface area contributed by atoms with Crippen LogP contribution in [-0.4, -0.2) is 24.0 Å². The van der Waals surface area contributed by atoms with Gasteiger partial charge in [0.1, 0.15) is 5.75 Å². The van der Waals surface area contributed by atoms with Crippen LogP contribution in [-0.2, 0) is 0 Å². The van der Waals surface area contributed by atoms with Crippen molar-refractivity contribution < 1.29 is 19.1 Å². The molecule has 190 valence electrons. The monoisotopic (exact) mass is 565 g/mol. The van der Waals surface area contributed by atoms with Gasteiger partial charge in [-0.3, -0.25) is 9.59 Å². The van der Waals surface area contributed by atoms with E-state index in [4.69, 9.17) is 39.5 Å². The Hall–Kier alpha value is -4.17. The smallest absolute Gasteiger partial charge is 0.345 e. The summed E-state index contributed by atoms with van der Waals surface area (Å²) in [5.74, 6) is -1.38. The normalized spacial score (nSPS) is 10.7. The van der Waals surface area contributed by atoms with Crippen molar-refractivity contribution in [1.29, 1.82) is 0 Å². The standard InChI is InChI=1S/C28H18Cl3N3O4/c29-19-12-13-22(24(31)15-19)28(37)38-25-11-4-1-6-18(25)16-32-34-26(35)17-7-5-8-20(14-17)33-27(36)21-9-2-3-10-23(21)30/h1-16H,(H,33,36)(H,34,35). The number of rotatable bonds is 7. The highest BCUT2D eigenvalue weighted by Gasteiger charge is 2.15. The van der Waals surface area contributed by atoms with Gasteiger partial charge in [-0.1, -0.05) is 65.1 Å². The van der Waals surface area contributed by atoms with Gasteiger partial charge in [0.25, 0.3) is 11.8 Å². The molecule has 0 atom stereocenters. The number of para-hydroxylation sites is 1. The number of anilines is 1. The molecule has 0 unspecified atom stereocenters. The maximum Gasteiger partial charge on any atom is 0.345 e. The second-order valence-electron chi connectivity index (χ2n) is 7.77. The molecule has 0 saturated heterocycles. The van der Waals surface area contributed by atoms with E-state index in [-0.39, 0.29) is 21.9 Å². The fourth-order valence-corrected chi connectivity index (χ4v) is 4.00. The minimum Gasteiger partial charge on any atom is -0.422 e. The zero-order chi connectivity index (χ0) is 27.1. The predicted molar refractivity (Wildman–Crippen MR) is 149 cm³/mol. The maximum atomic E-state index is 12.6. The number of nitrogens with zero attached hydrogens (tertiary/aromatic N) is 1. The first-order valence-corrected chi connectivity index (χ1v) is 12.2. The van der Waals surface area contributed by atoms with E-state index in [9.17, 15) is 14.4 Å². The minimum atomic E-state index is -0.674. The number of carbonyl (C=O) groups is 3. The fraction of sp³-hybridized carbons (Fsp3) is 0. The Morgan fingerprint density at radius 1 is 0.737 bits per heavy atom. The van der Waals surface area contributed by atoms with E-state index in [0.29, 0.717) is 26.9 Å². The topological polar surface area (TPSA) is 96.9 Å². The molecule has 4 aromatic carbocycles. The number of hydrogen-bond donors (Lipinski definition) is 2. The van der Waals surface area contributed by atoms with E-state index in [2.05, 4.69) is 15.8 Å². The lowest BCUT2D eigenvalue weighted by Crippen LogP contribution is -2.18. The third-order valence-electron chi connectivity index (χ3n) is 5.14. The summed E-state index contributed by atoms with van der Waals surface area (Å²) in [6, 6.07) is 24.1. The molecule has 2 N–H and O–H groups in total. The molecule has 0 spiro atoms. The highest BCUT2D eigenvalue weighted by molar-refractivity contribution is 6.36. The van der Waals surface area contributed by atoms with Gasteiger partial charge in [0.2, 0.25) is 0 Å². The zero-order valence-electron chi connectivity index (χ0n) is 19.5. The number of carbonyl (C=O) groups excluding carboxylic acids is 3. The lowest BCUT2D eigenvalue weighted by atomic mass is 10.1. The van der Waals surface area contributed by atoms with Gasteiger partial charge in [-0.15, -0.1) is 0 Å². The van der Waals surface area contributed by atoms with E-state index >= 15 is 0 Å². The van der Waals surface area contributed by atoms with Crippen molar-refractivity contribution in [2.45, 2.75) is 0 Å². The molecule has 7 nitrogen and oxygen atoms in total. The van der Waals surface area contributed by atoms with Crippen LogP contribution in [0.1, 0.15) is 36.6 Å². The Morgan fingerprint density at radius 2 is 1.50 bits per heavy atom. The lowest BCUT2D eigenvalue weighted by molar-refractivity contribution is 0.0734. The largest absolute Gasteiger partial charge is 0.422 e. The molecule has 10 heteroatoms. The summed E-state index contributed by atoms with van der Waals surface area (Å²) in [5.41, 5.74) is 3.98. The van der Waals surface area contributed by atoms with Crippen molar-refractivity contribution in [3.63, 3.8) is 0 Å². The maximum absolute atomic E-state index is 12.6. The Bertz CT molecular complexity index is 1560. The lowest BCUT2D eigenvalue weighted by Gasteiger charge is -2.09. The van der Waals surface area contributed by atoms with Crippen molar-refractivity contribution >= 4 is 64.5 Å². The van der Waals surface area contributed by atoms with E-state index in [0.717, 1.165) is 0 Å². The Labute approximate surface area is 233 Å². The molecule has 0 saturated carbocycles. The first kappa shape index (κ1) is 26.9. The van der Waals surface area contributed by atoms with Gasteiger partial charge in [0, 0.05) is 21.8 Å². The van der Waals surface area contributed by atoms with Crippen LogP contribution in [0.5, 0.6) is 5.75 Å². The molecule has 0 radical (unpaired) electrons. The summed E-state index contributed by atoms with van der Waals surface area (Å²) in [5, 5.41) is 7.55. The van der Waals surface area contributed by atoms with Crippen LogP contribution in [0.3, 0.4) is 0 Å². The van der Waals surface area contributed by atoms with Crippen LogP contribution in [0.4, 0.5) is 5.69 Å². The summed E-state index contributed by atoms with van der Waals surface area (Å²) >= 11 is 18.1. The number of halogens is 3. The average Bonchev–Trinajstić information content (AvgIpc) is 2.90. The molecule has 0 aliphatic carbocycles. The molecule has 4 rings (SSSR count). The number of amides is 2. The van der Waals surface area contributed by atoms with E-state index in [1.165, 1.54) is 30.5 Å². The first-order chi connectivity index (χ1) is 18.3. The van der Waals surface area contributed by atoms with Gasteiger partial charge in [0.15, 0.2) is 0 Å². The molecule has 0 aliphatic heterocycles. The molecule has 4 aromatic rings. The van der Waals surface area contributed by atoms with Gasteiger partial charge >= 0.3 is 5.97 Å². The van der Waals surface area contributed by atoms with Crippen LogP contribution in [0, 0.1) is 0 Å². The quantitative estimate of drug-likeness (QED) is 0.110. The summed E-state index contributed by atoms with van der Waals surface area (Å²) in [7, 11) is 0. The van der Waals surface area contributed by atoms with Crippen molar-refractivity contribution in [3.05, 3.63) is 128 Å². The van der Waals surface area contributed by atoms with Crippen molar-refractivity contribution in [3.8, 4) is 5.75 Å². The highest BCUT2D eigenvalue weighted by atomic mass is 35.5. The second-order valence-corrected chi connectivity index (χ2v) is 9.02. The van der Waals surface area contributed by atoms with Crippen LogP contribution in [0.25, 0.3) is 0 Å². The van der Waals surface area contributed by atoms with Crippen LogP contribution in [0.15, 0.2) is 96.1 Å². The summed E-state index contributed by atoms with van der Waals surface area (Å²) in [4.78, 5) is 37.7. The average molecular weight is 567 g/mol. The van der Waals surface area contributed by atoms with E-state index < -0.39 is 17.8 Å². The van der Waals surface area contributed by atoms with Crippen LogP contribution < -0.4 is 15.5 Å². The van der Waals surface area contributed by atoms with Gasteiger partial charge in [-0.25, -0.2) is 10.2 Å².